The van der Waals surface area contributed by atoms with Crippen molar-refractivity contribution in [3.8, 4) is 11.8 Å². The first-order valence-corrected chi connectivity index (χ1v) is 7.37. The largest absolute Gasteiger partial charge is 0.505 e. The van der Waals surface area contributed by atoms with E-state index in [1.54, 1.807) is 4.90 Å². The lowest BCUT2D eigenvalue weighted by molar-refractivity contribution is -0.127. The first-order valence-electron chi connectivity index (χ1n) is 6.62. The molecule has 1 aromatic rings. The summed E-state index contributed by atoms with van der Waals surface area (Å²) in [7, 11) is 0. The first kappa shape index (κ1) is 18.6. The molecule has 0 radical (unpaired) electrons. The second kappa shape index (κ2) is 8.28. The van der Waals surface area contributed by atoms with Crippen molar-refractivity contribution in [2.24, 2.45) is 0 Å². The lowest BCUT2D eigenvalue weighted by atomic mass is 10.1. The van der Waals surface area contributed by atoms with Gasteiger partial charge in [-0.3, -0.25) is 4.79 Å². The average Bonchev–Trinajstić information content (AvgIpc) is 2.50. The maximum atomic E-state index is 12.3. The number of hydrogen-bond acceptors (Lipinski definition) is 3. The minimum Gasteiger partial charge on any atom is -0.505 e. The van der Waals surface area contributed by atoms with E-state index in [0.717, 1.165) is 19.3 Å². The maximum absolute atomic E-state index is 12.3. The topological polar surface area (TPSA) is 64.3 Å². The Balaban J connectivity index is 0.00000242. The summed E-state index contributed by atoms with van der Waals surface area (Å²) in [6, 6.07) is 4.85. The van der Waals surface area contributed by atoms with Gasteiger partial charge in [-0.25, -0.2) is 0 Å². The molecule has 1 aliphatic heterocycles. The van der Waals surface area contributed by atoms with Crippen LogP contribution in [-0.2, 0) is 4.79 Å². The van der Waals surface area contributed by atoms with Crippen LogP contribution in [0.25, 0.3) is 6.08 Å². The van der Waals surface area contributed by atoms with Crippen LogP contribution < -0.4 is 0 Å². The van der Waals surface area contributed by atoms with Gasteiger partial charge in [0.2, 0.25) is 0 Å². The van der Waals surface area contributed by atoms with E-state index in [1.807, 2.05) is 6.07 Å². The third-order valence-electron chi connectivity index (χ3n) is 3.34. The number of carbonyl (C=O) groups excluding carboxylic acids is 1. The van der Waals surface area contributed by atoms with Crippen molar-refractivity contribution in [3.63, 3.8) is 0 Å². The van der Waals surface area contributed by atoms with Gasteiger partial charge in [0.05, 0.1) is 10.0 Å². The van der Waals surface area contributed by atoms with Crippen molar-refractivity contribution < 1.29 is 9.90 Å². The van der Waals surface area contributed by atoms with E-state index >= 15 is 0 Å². The molecule has 1 fully saturated rings. The Labute approximate surface area is 145 Å². The number of phenols is 1. The molecule has 1 heterocycles. The molecule has 1 N–H and O–H groups in total. The number of amides is 1. The lowest BCUT2D eigenvalue weighted by Gasteiger charge is -2.26. The quantitative estimate of drug-likeness (QED) is 0.638. The summed E-state index contributed by atoms with van der Waals surface area (Å²) in [6.07, 6.45) is 4.47. The van der Waals surface area contributed by atoms with Crippen molar-refractivity contribution in [3.05, 3.63) is 33.3 Å². The molecule has 7 heteroatoms. The van der Waals surface area contributed by atoms with Crippen molar-refractivity contribution in [2.75, 3.05) is 13.1 Å². The van der Waals surface area contributed by atoms with Crippen molar-refractivity contribution in [1.29, 1.82) is 5.26 Å². The van der Waals surface area contributed by atoms with Gasteiger partial charge in [0.1, 0.15) is 11.6 Å². The fourth-order valence-electron chi connectivity index (χ4n) is 2.24. The summed E-state index contributed by atoms with van der Waals surface area (Å²) in [6.45, 7) is 1.35. The van der Waals surface area contributed by atoms with Crippen LogP contribution in [0.1, 0.15) is 24.8 Å². The minimum atomic E-state index is -0.280. The highest BCUT2D eigenvalue weighted by atomic mass is 35.5. The maximum Gasteiger partial charge on any atom is 0.264 e. The summed E-state index contributed by atoms with van der Waals surface area (Å²) >= 11 is 11.7. The third-order valence-corrected chi connectivity index (χ3v) is 3.92. The Kier molecular flexibility index (Phi) is 7.02. The van der Waals surface area contributed by atoms with E-state index in [1.165, 1.54) is 18.2 Å². The zero-order valence-electron chi connectivity index (χ0n) is 11.7. The van der Waals surface area contributed by atoms with Crippen LogP contribution in [0.4, 0.5) is 0 Å². The van der Waals surface area contributed by atoms with Gasteiger partial charge in [0.15, 0.2) is 5.75 Å². The van der Waals surface area contributed by atoms with Gasteiger partial charge >= 0.3 is 0 Å². The van der Waals surface area contributed by atoms with Gasteiger partial charge in [0, 0.05) is 13.1 Å². The molecule has 22 heavy (non-hydrogen) atoms. The Morgan fingerprint density at radius 2 is 1.77 bits per heavy atom. The summed E-state index contributed by atoms with van der Waals surface area (Å²) < 4.78 is 0. The molecule has 1 aliphatic rings. The zero-order chi connectivity index (χ0) is 15.4. The second-order valence-electron chi connectivity index (χ2n) is 4.86. The van der Waals surface area contributed by atoms with Gasteiger partial charge in [-0.2, -0.15) is 5.26 Å². The molecule has 0 unspecified atom stereocenters. The van der Waals surface area contributed by atoms with Gasteiger partial charge in [-0.1, -0.05) is 23.2 Å². The molecule has 0 atom stereocenters. The Morgan fingerprint density at radius 1 is 1.23 bits per heavy atom. The van der Waals surface area contributed by atoms with Crippen molar-refractivity contribution in [2.45, 2.75) is 19.3 Å². The molecule has 2 rings (SSSR count). The molecule has 1 amide bonds. The van der Waals surface area contributed by atoms with Crippen LogP contribution >= 0.6 is 35.6 Å². The van der Waals surface area contributed by atoms with Crippen LogP contribution in [0, 0.1) is 11.3 Å². The predicted molar refractivity (Wildman–Crippen MR) is 89.4 cm³/mol. The number of hydrogen-bond donors (Lipinski definition) is 1. The van der Waals surface area contributed by atoms with E-state index in [4.69, 9.17) is 23.2 Å². The normalized spacial score (nSPS) is 15.0. The SMILES string of the molecule is Cl.N#C/C(=C/c1cc(Cl)c(O)c(Cl)c1)C(=O)N1CCCCC1. The summed E-state index contributed by atoms with van der Waals surface area (Å²) in [5.74, 6) is -0.492. The second-order valence-corrected chi connectivity index (χ2v) is 5.67. The molecule has 4 nitrogen and oxygen atoms in total. The molecule has 0 saturated carbocycles. The number of nitriles is 1. The fourth-order valence-corrected chi connectivity index (χ4v) is 2.75. The molecular weight excluding hydrogens is 347 g/mol. The average molecular weight is 362 g/mol. The Bertz CT molecular complexity index is 609. The lowest BCUT2D eigenvalue weighted by Crippen LogP contribution is -2.36. The Morgan fingerprint density at radius 3 is 2.27 bits per heavy atom. The smallest absolute Gasteiger partial charge is 0.264 e. The van der Waals surface area contributed by atoms with Crippen molar-refractivity contribution >= 4 is 47.6 Å². The van der Waals surface area contributed by atoms with Crippen LogP contribution in [0.2, 0.25) is 10.0 Å². The van der Waals surface area contributed by atoms with Crippen LogP contribution in [0.5, 0.6) is 5.75 Å². The molecule has 0 bridgehead atoms. The monoisotopic (exact) mass is 360 g/mol. The standard InChI is InChI=1S/C15H14Cl2N2O2.ClH/c16-12-7-10(8-13(17)14(12)20)6-11(9-18)15(21)19-4-2-1-3-5-19;/h6-8,20H,1-5H2;1H/b11-6-;. The fraction of sp³-hybridized carbons (Fsp3) is 0.333. The molecule has 0 aliphatic carbocycles. The number of nitrogens with zero attached hydrogens (tertiary/aromatic N) is 2. The molecular formula is C15H15Cl3N2O2. The van der Waals surface area contributed by atoms with Crippen LogP contribution in [-0.4, -0.2) is 29.0 Å². The number of carbonyl (C=O) groups is 1. The number of aromatic hydroxyl groups is 1. The number of halogens is 3. The third kappa shape index (κ3) is 4.30. The van der Waals surface area contributed by atoms with Crippen LogP contribution in [0.3, 0.4) is 0 Å². The van der Waals surface area contributed by atoms with E-state index < -0.39 is 0 Å². The molecule has 1 aromatic carbocycles. The number of likely N-dealkylation sites (tertiary alicyclic amines) is 1. The summed E-state index contributed by atoms with van der Waals surface area (Å²) in [5.41, 5.74) is 0.541. The number of benzene rings is 1. The van der Waals surface area contributed by atoms with Gasteiger partial charge < -0.3 is 10.0 Å². The highest BCUT2D eigenvalue weighted by Gasteiger charge is 2.20. The number of phenolic OH excluding ortho intramolecular Hbond substituents is 1. The highest BCUT2D eigenvalue weighted by Crippen LogP contribution is 2.33. The van der Waals surface area contributed by atoms with E-state index in [0.29, 0.717) is 18.7 Å². The van der Waals surface area contributed by atoms with E-state index in [2.05, 4.69) is 0 Å². The molecule has 0 aromatic heterocycles. The van der Waals surface area contributed by atoms with Crippen molar-refractivity contribution in [1.82, 2.24) is 4.90 Å². The highest BCUT2D eigenvalue weighted by molar-refractivity contribution is 6.37. The zero-order valence-corrected chi connectivity index (χ0v) is 14.0. The molecule has 1 saturated heterocycles. The van der Waals surface area contributed by atoms with Gasteiger partial charge in [-0.15, -0.1) is 12.4 Å². The summed E-state index contributed by atoms with van der Waals surface area (Å²) in [4.78, 5) is 14.0. The van der Waals surface area contributed by atoms with Crippen LogP contribution in [0.15, 0.2) is 17.7 Å². The minimum absolute atomic E-state index is 0. The number of piperidine rings is 1. The Hall–Kier alpha value is -1.41. The van der Waals surface area contributed by atoms with Gasteiger partial charge in [0.25, 0.3) is 5.91 Å². The summed E-state index contributed by atoms with van der Waals surface area (Å²) in [5, 5.41) is 18.9. The first-order chi connectivity index (χ1) is 10.0. The molecule has 0 spiro atoms. The number of rotatable bonds is 2. The predicted octanol–water partition coefficient (Wildman–Crippen LogP) is 4.04. The van der Waals surface area contributed by atoms with Gasteiger partial charge in [-0.05, 0) is 43.0 Å². The molecule has 118 valence electrons. The van der Waals surface area contributed by atoms with E-state index in [-0.39, 0.29) is 39.7 Å². The van der Waals surface area contributed by atoms with E-state index in [9.17, 15) is 15.2 Å².